The number of amides is 1. The molecule has 0 fully saturated rings. The molecule has 204 valence electrons. The highest BCUT2D eigenvalue weighted by atomic mass is 32.2. The number of rotatable bonds is 12. The molecule has 0 saturated heterocycles. The number of fused-ring (bicyclic) bond motifs is 1. The first kappa shape index (κ1) is 28.2. The van der Waals surface area contributed by atoms with E-state index in [4.69, 9.17) is 14.5 Å². The number of amidine groups is 1. The highest BCUT2D eigenvalue weighted by Crippen LogP contribution is 2.45. The van der Waals surface area contributed by atoms with Crippen molar-refractivity contribution in [2.45, 2.75) is 26.0 Å². The number of ether oxygens (including phenoxy) is 2. The van der Waals surface area contributed by atoms with Crippen LogP contribution in [0.15, 0.2) is 94.6 Å². The second-order valence-corrected chi connectivity index (χ2v) is 10.3. The highest BCUT2D eigenvalue weighted by Gasteiger charge is 2.41. The molecule has 1 amide bonds. The summed E-state index contributed by atoms with van der Waals surface area (Å²) in [6, 6.07) is 17.1. The maximum atomic E-state index is 13.3. The molecule has 39 heavy (non-hydrogen) atoms. The van der Waals surface area contributed by atoms with Gasteiger partial charge in [-0.15, -0.1) is 0 Å². The summed E-state index contributed by atoms with van der Waals surface area (Å²) in [7, 11) is 3.92. The van der Waals surface area contributed by atoms with Gasteiger partial charge < -0.3 is 24.6 Å². The normalized spacial score (nSPS) is 16.4. The molecule has 8 nitrogen and oxygen atoms in total. The fourth-order valence-corrected chi connectivity index (χ4v) is 5.28. The average Bonchev–Trinajstić information content (AvgIpc) is 3.31. The van der Waals surface area contributed by atoms with E-state index in [1.807, 2.05) is 90.8 Å². The summed E-state index contributed by atoms with van der Waals surface area (Å²) in [5, 5.41) is 5.61. The van der Waals surface area contributed by atoms with Crippen LogP contribution >= 0.6 is 11.8 Å². The summed E-state index contributed by atoms with van der Waals surface area (Å²) < 4.78 is 11.6. The van der Waals surface area contributed by atoms with Crippen LogP contribution in [0.1, 0.15) is 30.5 Å². The first-order chi connectivity index (χ1) is 18.9. The molecule has 0 bridgehead atoms. The molecule has 1 N–H and O–H groups in total. The van der Waals surface area contributed by atoms with Gasteiger partial charge in [0.1, 0.15) is 19.0 Å². The molecular formula is C30H34N4O4S. The van der Waals surface area contributed by atoms with Crippen LogP contribution in [0.2, 0.25) is 0 Å². The summed E-state index contributed by atoms with van der Waals surface area (Å²) >= 11 is 1.44. The first-order valence-corrected chi connectivity index (χ1v) is 13.7. The Bertz CT molecular complexity index is 1300. The van der Waals surface area contributed by atoms with E-state index < -0.39 is 12.0 Å². The Labute approximate surface area is 234 Å². The van der Waals surface area contributed by atoms with Gasteiger partial charge in [-0.3, -0.25) is 4.79 Å². The van der Waals surface area contributed by atoms with Crippen molar-refractivity contribution in [3.05, 3.63) is 101 Å². The lowest BCUT2D eigenvalue weighted by atomic mass is 9.93. The molecule has 0 unspecified atom stereocenters. The minimum Gasteiger partial charge on any atom is -0.489 e. The van der Waals surface area contributed by atoms with Gasteiger partial charge in [0.15, 0.2) is 5.17 Å². The molecule has 0 radical (unpaired) electrons. The van der Waals surface area contributed by atoms with Crippen molar-refractivity contribution in [3.63, 3.8) is 0 Å². The Morgan fingerprint density at radius 3 is 2.72 bits per heavy atom. The second-order valence-electron chi connectivity index (χ2n) is 9.46. The van der Waals surface area contributed by atoms with Gasteiger partial charge in [-0.05, 0) is 49.7 Å². The number of likely N-dealkylation sites (N-methyl/N-ethyl adjacent to an activating group) is 1. The van der Waals surface area contributed by atoms with Gasteiger partial charge in [-0.25, -0.2) is 9.79 Å². The fraction of sp³-hybridized carbons (Fsp3) is 0.300. The van der Waals surface area contributed by atoms with E-state index in [1.165, 1.54) is 17.8 Å². The lowest BCUT2D eigenvalue weighted by molar-refractivity contribution is -0.138. The second kappa shape index (κ2) is 13.3. The molecule has 2 aliphatic rings. The van der Waals surface area contributed by atoms with Crippen molar-refractivity contribution in [1.29, 1.82) is 0 Å². The van der Waals surface area contributed by atoms with Crippen LogP contribution in [0.25, 0.3) is 0 Å². The van der Waals surface area contributed by atoms with Gasteiger partial charge in [0, 0.05) is 18.8 Å². The molecule has 1 atom stereocenters. The minimum atomic E-state index is -0.536. The number of carbonyl (C=O) groups excluding carboxylic acids is 2. The van der Waals surface area contributed by atoms with Crippen molar-refractivity contribution in [3.8, 4) is 5.75 Å². The number of nitrogens with zero attached hydrogens (tertiary/aromatic N) is 3. The minimum absolute atomic E-state index is 0.0882. The molecule has 0 aromatic heterocycles. The first-order valence-electron chi connectivity index (χ1n) is 12.8. The van der Waals surface area contributed by atoms with Crippen LogP contribution in [0.3, 0.4) is 0 Å². The van der Waals surface area contributed by atoms with Crippen molar-refractivity contribution >= 4 is 28.8 Å². The van der Waals surface area contributed by atoms with Crippen LogP contribution in [0.4, 0.5) is 0 Å². The largest absolute Gasteiger partial charge is 0.489 e. The predicted molar refractivity (Wildman–Crippen MR) is 155 cm³/mol. The molecule has 0 aliphatic carbocycles. The van der Waals surface area contributed by atoms with E-state index >= 15 is 0 Å². The highest BCUT2D eigenvalue weighted by molar-refractivity contribution is 8.16. The lowest BCUT2D eigenvalue weighted by Crippen LogP contribution is -2.38. The third-order valence-electron chi connectivity index (χ3n) is 6.20. The quantitative estimate of drug-likeness (QED) is 0.307. The summed E-state index contributed by atoms with van der Waals surface area (Å²) in [6.45, 7) is 7.27. The van der Waals surface area contributed by atoms with Crippen LogP contribution in [-0.4, -0.2) is 60.6 Å². The maximum absolute atomic E-state index is 13.3. The van der Waals surface area contributed by atoms with Gasteiger partial charge in [0.2, 0.25) is 5.91 Å². The Hall–Kier alpha value is -3.82. The maximum Gasteiger partial charge on any atom is 0.338 e. The zero-order chi connectivity index (χ0) is 27.8. The van der Waals surface area contributed by atoms with Crippen molar-refractivity contribution in [2.24, 2.45) is 4.99 Å². The Balaban J connectivity index is 1.63. The molecule has 2 heterocycles. The van der Waals surface area contributed by atoms with E-state index in [1.54, 1.807) is 0 Å². The Morgan fingerprint density at radius 1 is 1.18 bits per heavy atom. The third-order valence-corrected chi connectivity index (χ3v) is 7.09. The molecule has 2 aliphatic heterocycles. The number of hydrogen-bond donors (Lipinski definition) is 1. The number of thioether (sulfide) groups is 1. The molecule has 2 aromatic rings. The van der Waals surface area contributed by atoms with E-state index in [-0.39, 0.29) is 18.9 Å². The van der Waals surface area contributed by atoms with Gasteiger partial charge in [0.05, 0.1) is 23.7 Å². The van der Waals surface area contributed by atoms with Crippen molar-refractivity contribution < 1.29 is 19.1 Å². The lowest BCUT2D eigenvalue weighted by Gasteiger charge is -2.36. The topological polar surface area (TPSA) is 83.5 Å². The zero-order valence-corrected chi connectivity index (χ0v) is 23.4. The average molecular weight is 547 g/mol. The molecule has 0 saturated carbocycles. The fourth-order valence-electron chi connectivity index (χ4n) is 4.32. The third kappa shape index (κ3) is 7.19. The van der Waals surface area contributed by atoms with Crippen molar-refractivity contribution in [2.75, 3.05) is 33.8 Å². The smallest absolute Gasteiger partial charge is 0.338 e. The number of esters is 1. The number of aliphatic imine (C=N–C) groups is 1. The number of benzene rings is 2. The van der Waals surface area contributed by atoms with Gasteiger partial charge in [-0.2, -0.15) is 0 Å². The molecule has 2 aromatic carbocycles. The number of allylic oxidation sites excluding steroid dienone is 1. The molecule has 0 spiro atoms. The zero-order valence-electron chi connectivity index (χ0n) is 22.6. The van der Waals surface area contributed by atoms with Crippen LogP contribution in [0, 0.1) is 0 Å². The summed E-state index contributed by atoms with van der Waals surface area (Å²) in [5.41, 5.74) is 3.65. The summed E-state index contributed by atoms with van der Waals surface area (Å²) in [5.74, 6) is 0.115. The monoisotopic (exact) mass is 546 g/mol. The SMILES string of the molecule is C=CCOC(=O)C1=C(C)N=C2SC=C(CC(=O)NCCN(C)C)N2[C@H]1c1cccc(OCc2ccccc2)c1. The van der Waals surface area contributed by atoms with Gasteiger partial charge in [0.25, 0.3) is 0 Å². The van der Waals surface area contributed by atoms with Gasteiger partial charge >= 0.3 is 5.97 Å². The van der Waals surface area contributed by atoms with Crippen molar-refractivity contribution in [1.82, 2.24) is 15.1 Å². The number of carbonyl (C=O) groups is 2. The van der Waals surface area contributed by atoms with E-state index in [9.17, 15) is 9.59 Å². The predicted octanol–water partition coefficient (Wildman–Crippen LogP) is 4.64. The van der Waals surface area contributed by atoms with E-state index in [2.05, 4.69) is 11.9 Å². The molecule has 9 heteroatoms. The Kier molecular flexibility index (Phi) is 9.62. The summed E-state index contributed by atoms with van der Waals surface area (Å²) in [6.07, 6.45) is 1.70. The van der Waals surface area contributed by atoms with E-state index in [0.717, 1.165) is 23.4 Å². The number of nitrogens with one attached hydrogen (secondary N) is 1. The van der Waals surface area contributed by atoms with Crippen LogP contribution in [-0.2, 0) is 20.9 Å². The Morgan fingerprint density at radius 2 is 1.97 bits per heavy atom. The molecular weight excluding hydrogens is 512 g/mol. The molecule has 4 rings (SSSR count). The van der Waals surface area contributed by atoms with Crippen LogP contribution in [0.5, 0.6) is 5.75 Å². The summed E-state index contributed by atoms with van der Waals surface area (Å²) in [4.78, 5) is 34.8. The van der Waals surface area contributed by atoms with Crippen LogP contribution < -0.4 is 10.1 Å². The van der Waals surface area contributed by atoms with E-state index in [0.29, 0.717) is 35.3 Å². The number of hydrogen-bond acceptors (Lipinski definition) is 8. The van der Waals surface area contributed by atoms with Gasteiger partial charge in [-0.1, -0.05) is 66.9 Å². The standard InChI is InChI=1S/C30H34N4O4S/c1-5-16-37-29(36)27-21(2)32-30-34(24(20-39-30)18-26(35)31-14-15-33(3)4)28(27)23-12-9-13-25(17-23)38-19-22-10-7-6-8-11-22/h5-13,17,20,28H,1,14-16,18-19H2,2-4H3,(H,31,35)/t28-/m0/s1.